The molecule has 1 N–H and O–H groups in total. The number of nitrogens with one attached hydrogen (secondary N) is 1. The van der Waals surface area contributed by atoms with Crippen molar-refractivity contribution in [3.63, 3.8) is 0 Å². The van der Waals surface area contributed by atoms with Crippen LogP contribution >= 0.6 is 0 Å². The van der Waals surface area contributed by atoms with Gasteiger partial charge in [0, 0.05) is 32.8 Å². The molecule has 1 amide bonds. The number of hydrogen-bond acceptors (Lipinski definition) is 4. The quantitative estimate of drug-likeness (QED) is 0.736. The molecule has 0 unspecified atom stereocenters. The molecule has 1 rings (SSSR count). The molecule has 0 radical (unpaired) electrons. The lowest BCUT2D eigenvalue weighted by molar-refractivity contribution is 0.00533. The first kappa shape index (κ1) is 15.2. The van der Waals surface area contributed by atoms with Gasteiger partial charge in [0.25, 0.3) is 0 Å². The van der Waals surface area contributed by atoms with E-state index in [-0.39, 0.29) is 6.09 Å². The predicted molar refractivity (Wildman–Crippen MR) is 70.7 cm³/mol. The fourth-order valence-electron chi connectivity index (χ4n) is 1.76. The van der Waals surface area contributed by atoms with E-state index in [1.165, 1.54) is 0 Å². The molecule has 106 valence electrons. The SMILES string of the molecule is COCCCCNC1CN(C(=O)OC(C)(C)C)C1. The molecule has 1 heterocycles. The van der Waals surface area contributed by atoms with Crippen molar-refractivity contribution in [2.45, 2.75) is 45.3 Å². The fourth-order valence-corrected chi connectivity index (χ4v) is 1.76. The smallest absolute Gasteiger partial charge is 0.410 e. The maximum atomic E-state index is 11.7. The van der Waals surface area contributed by atoms with Gasteiger partial charge >= 0.3 is 6.09 Å². The van der Waals surface area contributed by atoms with Crippen LogP contribution in [0.3, 0.4) is 0 Å². The number of methoxy groups -OCH3 is 1. The minimum Gasteiger partial charge on any atom is -0.444 e. The van der Waals surface area contributed by atoms with Gasteiger partial charge in [-0.25, -0.2) is 4.79 Å². The molecular formula is C13H26N2O3. The van der Waals surface area contributed by atoms with E-state index in [4.69, 9.17) is 9.47 Å². The van der Waals surface area contributed by atoms with Crippen molar-refractivity contribution in [1.29, 1.82) is 0 Å². The number of hydrogen-bond donors (Lipinski definition) is 1. The summed E-state index contributed by atoms with van der Waals surface area (Å²) in [5.74, 6) is 0. The Morgan fingerprint density at radius 2 is 2.00 bits per heavy atom. The zero-order valence-corrected chi connectivity index (χ0v) is 12.0. The molecule has 5 nitrogen and oxygen atoms in total. The fraction of sp³-hybridized carbons (Fsp3) is 0.923. The van der Waals surface area contributed by atoms with Gasteiger partial charge < -0.3 is 19.7 Å². The molecule has 1 aliphatic heterocycles. The van der Waals surface area contributed by atoms with Crippen molar-refractivity contribution in [2.24, 2.45) is 0 Å². The van der Waals surface area contributed by atoms with E-state index in [2.05, 4.69) is 5.32 Å². The topological polar surface area (TPSA) is 50.8 Å². The summed E-state index contributed by atoms with van der Waals surface area (Å²) in [4.78, 5) is 13.4. The zero-order chi connectivity index (χ0) is 13.6. The van der Waals surface area contributed by atoms with Crippen molar-refractivity contribution in [3.8, 4) is 0 Å². The number of rotatable bonds is 6. The monoisotopic (exact) mass is 258 g/mol. The summed E-state index contributed by atoms with van der Waals surface area (Å²) in [5.41, 5.74) is -0.407. The van der Waals surface area contributed by atoms with Crippen LogP contribution in [0.1, 0.15) is 33.6 Å². The van der Waals surface area contributed by atoms with Crippen molar-refractivity contribution in [2.75, 3.05) is 33.4 Å². The molecule has 0 aliphatic carbocycles. The Balaban J connectivity index is 2.04. The van der Waals surface area contributed by atoms with Gasteiger partial charge in [-0.15, -0.1) is 0 Å². The third kappa shape index (κ3) is 5.69. The van der Waals surface area contributed by atoms with Crippen LogP contribution < -0.4 is 5.32 Å². The second-order valence-corrected chi connectivity index (χ2v) is 5.74. The molecule has 18 heavy (non-hydrogen) atoms. The van der Waals surface area contributed by atoms with Gasteiger partial charge in [0.05, 0.1) is 0 Å². The van der Waals surface area contributed by atoms with E-state index < -0.39 is 5.60 Å². The summed E-state index contributed by atoms with van der Waals surface area (Å²) in [5, 5.41) is 3.42. The van der Waals surface area contributed by atoms with Gasteiger partial charge in [-0.3, -0.25) is 0 Å². The molecule has 0 aromatic rings. The van der Waals surface area contributed by atoms with Crippen LogP contribution in [0.25, 0.3) is 0 Å². The van der Waals surface area contributed by atoms with Crippen molar-refractivity contribution in [3.05, 3.63) is 0 Å². The Kier molecular flexibility index (Phi) is 5.88. The maximum Gasteiger partial charge on any atom is 0.410 e. The minimum atomic E-state index is -0.407. The maximum absolute atomic E-state index is 11.7. The van der Waals surface area contributed by atoms with Crippen molar-refractivity contribution >= 4 is 6.09 Å². The van der Waals surface area contributed by atoms with Gasteiger partial charge in [0.15, 0.2) is 0 Å². The number of carbonyl (C=O) groups is 1. The lowest BCUT2D eigenvalue weighted by Gasteiger charge is -2.40. The van der Waals surface area contributed by atoms with Gasteiger partial charge in [0.1, 0.15) is 5.60 Å². The highest BCUT2D eigenvalue weighted by atomic mass is 16.6. The number of unbranched alkanes of at least 4 members (excludes halogenated alkanes) is 1. The molecule has 5 heteroatoms. The summed E-state index contributed by atoms with van der Waals surface area (Å²) in [6.45, 7) is 8.95. The molecule has 0 aromatic heterocycles. The normalized spacial score (nSPS) is 16.6. The standard InChI is InChI=1S/C13H26N2O3/c1-13(2,3)18-12(16)15-9-11(10-15)14-7-5-6-8-17-4/h11,14H,5-10H2,1-4H3. The van der Waals surface area contributed by atoms with Crippen molar-refractivity contribution < 1.29 is 14.3 Å². The first-order valence-corrected chi connectivity index (χ1v) is 6.62. The first-order valence-electron chi connectivity index (χ1n) is 6.62. The number of ether oxygens (including phenoxy) is 2. The summed E-state index contributed by atoms with van der Waals surface area (Å²) in [6, 6.07) is 0.417. The summed E-state index contributed by atoms with van der Waals surface area (Å²) in [7, 11) is 1.72. The Hall–Kier alpha value is -0.810. The Labute approximate surface area is 110 Å². The number of nitrogens with zero attached hydrogens (tertiary/aromatic N) is 1. The predicted octanol–water partition coefficient (Wildman–Crippen LogP) is 1.62. The average molecular weight is 258 g/mol. The lowest BCUT2D eigenvalue weighted by atomic mass is 10.1. The zero-order valence-electron chi connectivity index (χ0n) is 12.0. The van der Waals surface area contributed by atoms with Crippen LogP contribution in [-0.4, -0.2) is 56.0 Å². The second-order valence-electron chi connectivity index (χ2n) is 5.74. The van der Waals surface area contributed by atoms with E-state index in [1.807, 2.05) is 20.8 Å². The van der Waals surface area contributed by atoms with E-state index in [0.717, 1.165) is 39.1 Å². The second kappa shape index (κ2) is 6.95. The van der Waals surface area contributed by atoms with E-state index in [0.29, 0.717) is 6.04 Å². The molecule has 0 saturated carbocycles. The number of amides is 1. The van der Waals surface area contributed by atoms with Crippen molar-refractivity contribution in [1.82, 2.24) is 10.2 Å². The summed E-state index contributed by atoms with van der Waals surface area (Å²) < 4.78 is 10.3. The van der Waals surface area contributed by atoms with Crippen LogP contribution in [0.4, 0.5) is 4.79 Å². The van der Waals surface area contributed by atoms with Gasteiger partial charge in [-0.2, -0.15) is 0 Å². The lowest BCUT2D eigenvalue weighted by Crippen LogP contribution is -2.60. The number of carbonyl (C=O) groups excluding carboxylic acids is 1. The Morgan fingerprint density at radius 1 is 1.33 bits per heavy atom. The Morgan fingerprint density at radius 3 is 2.56 bits per heavy atom. The molecule has 0 bridgehead atoms. The highest BCUT2D eigenvalue weighted by Gasteiger charge is 2.32. The minimum absolute atomic E-state index is 0.208. The molecule has 0 spiro atoms. The van der Waals surface area contributed by atoms with Crippen LogP contribution in [-0.2, 0) is 9.47 Å². The van der Waals surface area contributed by atoms with Gasteiger partial charge in [0.2, 0.25) is 0 Å². The largest absolute Gasteiger partial charge is 0.444 e. The third-order valence-electron chi connectivity index (χ3n) is 2.74. The Bertz CT molecular complexity index is 257. The van der Waals surface area contributed by atoms with Crippen LogP contribution in [0.5, 0.6) is 0 Å². The molecule has 0 atom stereocenters. The first-order chi connectivity index (χ1) is 8.42. The van der Waals surface area contributed by atoms with E-state index >= 15 is 0 Å². The molecule has 0 aromatic carbocycles. The molecule has 1 saturated heterocycles. The highest BCUT2D eigenvalue weighted by Crippen LogP contribution is 2.15. The average Bonchev–Trinajstić information content (AvgIpc) is 2.17. The molecule has 1 fully saturated rings. The van der Waals surface area contributed by atoms with Crippen LogP contribution in [0, 0.1) is 0 Å². The summed E-state index contributed by atoms with van der Waals surface area (Å²) >= 11 is 0. The van der Waals surface area contributed by atoms with E-state index in [1.54, 1.807) is 12.0 Å². The molecule has 1 aliphatic rings. The third-order valence-corrected chi connectivity index (χ3v) is 2.74. The number of likely N-dealkylation sites (tertiary alicyclic amines) is 1. The van der Waals surface area contributed by atoms with Gasteiger partial charge in [-0.1, -0.05) is 0 Å². The van der Waals surface area contributed by atoms with Crippen LogP contribution in [0.15, 0.2) is 0 Å². The summed E-state index contributed by atoms with van der Waals surface area (Å²) in [6.07, 6.45) is 1.97. The van der Waals surface area contributed by atoms with E-state index in [9.17, 15) is 4.79 Å². The molecular weight excluding hydrogens is 232 g/mol. The van der Waals surface area contributed by atoms with Gasteiger partial charge in [-0.05, 0) is 40.2 Å². The van der Waals surface area contributed by atoms with Crippen LogP contribution in [0.2, 0.25) is 0 Å². The highest BCUT2D eigenvalue weighted by molar-refractivity contribution is 5.69.